The molecule has 0 radical (unpaired) electrons. The topological polar surface area (TPSA) is 121 Å². The van der Waals surface area contributed by atoms with E-state index in [9.17, 15) is 14.4 Å². The lowest BCUT2D eigenvalue weighted by Crippen LogP contribution is -2.28. The summed E-state index contributed by atoms with van der Waals surface area (Å²) < 4.78 is 1.11. The van der Waals surface area contributed by atoms with Gasteiger partial charge >= 0.3 is 0 Å². The van der Waals surface area contributed by atoms with Gasteiger partial charge in [-0.1, -0.05) is 0 Å². The lowest BCUT2D eigenvalue weighted by atomic mass is 10.2. The number of amides is 2. The van der Waals surface area contributed by atoms with E-state index >= 15 is 0 Å². The van der Waals surface area contributed by atoms with E-state index in [1.165, 1.54) is 6.33 Å². The number of nitrogens with two attached hydrogens (primary N) is 2. The maximum absolute atomic E-state index is 12.1. The fraction of sp³-hybridized carbons (Fsp3) is 0.200. The van der Waals surface area contributed by atoms with Crippen molar-refractivity contribution in [1.82, 2.24) is 9.55 Å². The molecule has 8 heteroatoms. The van der Waals surface area contributed by atoms with Crippen molar-refractivity contribution in [1.29, 1.82) is 0 Å². The van der Waals surface area contributed by atoms with Crippen LogP contribution in [0.15, 0.2) is 11.1 Å². The molecule has 0 atom stereocenters. The highest BCUT2D eigenvalue weighted by atomic mass is 32.1. The maximum Gasteiger partial charge on any atom is 0.262 e. The maximum atomic E-state index is 12.1. The van der Waals surface area contributed by atoms with Gasteiger partial charge in [0.05, 0.1) is 16.6 Å². The zero-order valence-corrected chi connectivity index (χ0v) is 10.3. The molecule has 0 saturated heterocycles. The van der Waals surface area contributed by atoms with Gasteiger partial charge in [-0.05, 0) is 12.5 Å². The Morgan fingerprint density at radius 1 is 1.44 bits per heavy atom. The molecule has 4 N–H and O–H groups in total. The van der Waals surface area contributed by atoms with Crippen LogP contribution >= 0.6 is 11.3 Å². The van der Waals surface area contributed by atoms with Crippen LogP contribution < -0.4 is 17.0 Å². The number of rotatable bonds is 3. The fourth-order valence-corrected chi connectivity index (χ4v) is 2.67. The molecule has 2 amide bonds. The molecule has 0 saturated carbocycles. The standard InChI is InChI=1S/C10H10N4O3S/c1-4-6-9(18-7(4)8(12)16)13-3-14(10(6)17)2-5(11)15/h3H,2H2,1H3,(H2,11,15)(H2,12,16). The molecular weight excluding hydrogens is 256 g/mol. The number of aryl methyl sites for hydroxylation is 1. The molecule has 2 aromatic rings. The molecule has 0 aromatic carbocycles. The Hall–Kier alpha value is -2.22. The van der Waals surface area contributed by atoms with Crippen LogP contribution in [0.5, 0.6) is 0 Å². The molecule has 0 spiro atoms. The number of aromatic nitrogens is 2. The number of fused-ring (bicyclic) bond motifs is 1. The van der Waals surface area contributed by atoms with Gasteiger partial charge in [0, 0.05) is 0 Å². The smallest absolute Gasteiger partial charge is 0.262 e. The summed E-state index contributed by atoms with van der Waals surface area (Å²) in [5.41, 5.74) is 10.3. The van der Waals surface area contributed by atoms with Gasteiger partial charge < -0.3 is 11.5 Å². The van der Waals surface area contributed by atoms with E-state index in [1.54, 1.807) is 6.92 Å². The molecule has 0 aliphatic carbocycles. The lowest BCUT2D eigenvalue weighted by Gasteiger charge is -2.01. The van der Waals surface area contributed by atoms with Gasteiger partial charge in [0.1, 0.15) is 11.4 Å². The number of hydrogen-bond acceptors (Lipinski definition) is 5. The van der Waals surface area contributed by atoms with Crippen LogP contribution in [0.25, 0.3) is 10.2 Å². The van der Waals surface area contributed by atoms with Gasteiger partial charge in [-0.15, -0.1) is 11.3 Å². The highest BCUT2D eigenvalue weighted by molar-refractivity contribution is 7.20. The summed E-state index contributed by atoms with van der Waals surface area (Å²) in [5.74, 6) is -1.24. The molecule has 2 heterocycles. The first kappa shape index (κ1) is 12.2. The molecular formula is C10H10N4O3S. The van der Waals surface area contributed by atoms with E-state index < -0.39 is 17.4 Å². The Morgan fingerprint density at radius 3 is 2.67 bits per heavy atom. The van der Waals surface area contributed by atoms with Crippen molar-refractivity contribution in [2.45, 2.75) is 13.5 Å². The third kappa shape index (κ3) is 1.86. The molecule has 94 valence electrons. The van der Waals surface area contributed by atoms with Gasteiger partial charge in [0.2, 0.25) is 5.91 Å². The van der Waals surface area contributed by atoms with Crippen LogP contribution in [0.3, 0.4) is 0 Å². The number of thiophene rings is 1. The van der Waals surface area contributed by atoms with E-state index in [4.69, 9.17) is 11.5 Å². The van der Waals surface area contributed by atoms with Crippen LogP contribution in [0.2, 0.25) is 0 Å². The summed E-state index contributed by atoms with van der Waals surface area (Å²) in [6, 6.07) is 0. The lowest BCUT2D eigenvalue weighted by molar-refractivity contribution is -0.118. The summed E-state index contributed by atoms with van der Waals surface area (Å²) >= 11 is 1.06. The molecule has 0 bridgehead atoms. The van der Waals surface area contributed by atoms with E-state index in [2.05, 4.69) is 4.98 Å². The fourth-order valence-electron chi connectivity index (χ4n) is 1.67. The summed E-state index contributed by atoms with van der Waals surface area (Å²) in [4.78, 5) is 38.8. The molecule has 2 rings (SSSR count). The molecule has 0 unspecified atom stereocenters. The molecule has 7 nitrogen and oxygen atoms in total. The van der Waals surface area contributed by atoms with E-state index in [-0.39, 0.29) is 6.54 Å². The first-order valence-electron chi connectivity index (χ1n) is 4.98. The highest BCUT2D eigenvalue weighted by Crippen LogP contribution is 2.25. The van der Waals surface area contributed by atoms with Crippen molar-refractivity contribution >= 4 is 33.4 Å². The van der Waals surface area contributed by atoms with Gasteiger partial charge in [0.25, 0.3) is 11.5 Å². The number of primary amides is 2. The Labute approximate surface area is 105 Å². The van der Waals surface area contributed by atoms with Crippen LogP contribution in [0, 0.1) is 6.92 Å². The Kier molecular flexibility index (Phi) is 2.87. The third-order valence-corrected chi connectivity index (χ3v) is 3.68. The zero-order chi connectivity index (χ0) is 13.4. The van der Waals surface area contributed by atoms with E-state index in [1.807, 2.05) is 0 Å². The number of nitrogens with zero attached hydrogens (tertiary/aromatic N) is 2. The van der Waals surface area contributed by atoms with Crippen molar-refractivity contribution in [3.63, 3.8) is 0 Å². The minimum atomic E-state index is -0.638. The molecule has 2 aromatic heterocycles. The Balaban J connectivity index is 2.74. The molecule has 0 aliphatic rings. The van der Waals surface area contributed by atoms with Gasteiger partial charge in [0.15, 0.2) is 0 Å². The SMILES string of the molecule is Cc1c(C(N)=O)sc2ncn(CC(N)=O)c(=O)c12. The number of carbonyl (C=O) groups is 2. The summed E-state index contributed by atoms with van der Waals surface area (Å²) in [6.07, 6.45) is 1.23. The van der Waals surface area contributed by atoms with Crippen LogP contribution in [0.4, 0.5) is 0 Å². The van der Waals surface area contributed by atoms with E-state index in [0.29, 0.717) is 20.7 Å². The average molecular weight is 266 g/mol. The zero-order valence-electron chi connectivity index (χ0n) is 9.47. The van der Waals surface area contributed by atoms with Crippen LogP contribution in [0.1, 0.15) is 15.2 Å². The molecule has 0 aliphatic heterocycles. The van der Waals surface area contributed by atoms with E-state index in [0.717, 1.165) is 15.9 Å². The quantitative estimate of drug-likeness (QED) is 0.766. The molecule has 18 heavy (non-hydrogen) atoms. The third-order valence-electron chi connectivity index (χ3n) is 2.47. The number of carbonyl (C=O) groups excluding carboxylic acids is 2. The first-order valence-corrected chi connectivity index (χ1v) is 5.80. The van der Waals surface area contributed by atoms with Gasteiger partial charge in [-0.25, -0.2) is 4.98 Å². The minimum Gasteiger partial charge on any atom is -0.368 e. The number of hydrogen-bond donors (Lipinski definition) is 2. The summed E-state index contributed by atoms with van der Waals surface area (Å²) in [5, 5.41) is 0.303. The second-order valence-electron chi connectivity index (χ2n) is 3.74. The van der Waals surface area contributed by atoms with Crippen molar-refractivity contribution in [2.75, 3.05) is 0 Å². The van der Waals surface area contributed by atoms with Crippen molar-refractivity contribution in [3.8, 4) is 0 Å². The normalized spacial score (nSPS) is 10.7. The largest absolute Gasteiger partial charge is 0.368 e. The summed E-state index contributed by atoms with van der Waals surface area (Å²) in [7, 11) is 0. The van der Waals surface area contributed by atoms with Crippen molar-refractivity contribution < 1.29 is 9.59 Å². The Morgan fingerprint density at radius 2 is 2.11 bits per heavy atom. The average Bonchev–Trinajstić information content (AvgIpc) is 2.60. The van der Waals surface area contributed by atoms with Gasteiger partial charge in [-0.2, -0.15) is 0 Å². The second-order valence-corrected chi connectivity index (χ2v) is 4.74. The molecule has 0 fully saturated rings. The van der Waals surface area contributed by atoms with Gasteiger partial charge in [-0.3, -0.25) is 19.0 Å². The van der Waals surface area contributed by atoms with Crippen molar-refractivity contribution in [2.24, 2.45) is 11.5 Å². The highest BCUT2D eigenvalue weighted by Gasteiger charge is 2.17. The summed E-state index contributed by atoms with van der Waals surface area (Å²) in [6.45, 7) is 1.37. The van der Waals surface area contributed by atoms with Crippen LogP contribution in [-0.2, 0) is 11.3 Å². The minimum absolute atomic E-state index is 0.247. The predicted molar refractivity (Wildman–Crippen MR) is 66.3 cm³/mol. The first-order chi connectivity index (χ1) is 8.41. The monoisotopic (exact) mass is 266 g/mol. The van der Waals surface area contributed by atoms with Crippen LogP contribution in [-0.4, -0.2) is 21.4 Å². The Bertz CT molecular complexity index is 716. The second kappa shape index (κ2) is 4.22. The van der Waals surface area contributed by atoms with Crippen molar-refractivity contribution in [3.05, 3.63) is 27.1 Å². The predicted octanol–water partition coefficient (Wildman–Crippen LogP) is -0.649.